The van der Waals surface area contributed by atoms with Crippen LogP contribution in [-0.4, -0.2) is 71.2 Å². The van der Waals surface area contributed by atoms with Crippen molar-refractivity contribution in [2.45, 2.75) is 39.0 Å². The Balaban J connectivity index is 1.49. The zero-order valence-electron chi connectivity index (χ0n) is 16.4. The van der Waals surface area contributed by atoms with E-state index in [0.717, 1.165) is 4.68 Å². The largest absolute Gasteiger partial charge is 0.373 e. The third kappa shape index (κ3) is 5.37. The Labute approximate surface area is 168 Å². The van der Waals surface area contributed by atoms with Crippen molar-refractivity contribution < 1.29 is 17.9 Å². The standard InChI is InChI=1S/C18H25N5O5S/c1-13-11-22(12-14(2)28-13)29(26,27)10-8-19-17(24)7-9-23-18(25)15-5-3-4-6-16(15)20-21-23/h3-6,13-14H,7-12H2,1-2H3,(H,19,24). The molecule has 2 aromatic rings. The van der Waals surface area contributed by atoms with E-state index in [1.807, 2.05) is 13.8 Å². The molecule has 2 unspecified atom stereocenters. The number of aryl methyl sites for hydroxylation is 1. The van der Waals surface area contributed by atoms with Crippen molar-refractivity contribution in [1.82, 2.24) is 24.6 Å². The summed E-state index contributed by atoms with van der Waals surface area (Å²) in [6.07, 6.45) is -0.326. The van der Waals surface area contributed by atoms with Crippen LogP contribution in [0.3, 0.4) is 0 Å². The van der Waals surface area contributed by atoms with Gasteiger partial charge < -0.3 is 10.1 Å². The summed E-state index contributed by atoms with van der Waals surface area (Å²) in [7, 11) is -3.48. The Morgan fingerprint density at radius 3 is 2.66 bits per heavy atom. The molecule has 1 fully saturated rings. The van der Waals surface area contributed by atoms with E-state index in [1.165, 1.54) is 4.31 Å². The lowest BCUT2D eigenvalue weighted by Crippen LogP contribution is -2.49. The highest BCUT2D eigenvalue weighted by Gasteiger charge is 2.30. The SMILES string of the molecule is CC1CN(S(=O)(=O)CCNC(=O)CCn2nnc3ccccc3c2=O)CC(C)O1. The summed E-state index contributed by atoms with van der Waals surface area (Å²) in [4.78, 5) is 24.4. The number of amides is 1. The summed E-state index contributed by atoms with van der Waals surface area (Å²) in [6.45, 7) is 4.34. The van der Waals surface area contributed by atoms with Gasteiger partial charge in [-0.2, -0.15) is 4.31 Å². The lowest BCUT2D eigenvalue weighted by atomic mass is 10.2. The average molecular weight is 423 g/mol. The summed E-state index contributed by atoms with van der Waals surface area (Å²) in [5.74, 6) is -0.542. The molecule has 0 aliphatic carbocycles. The minimum Gasteiger partial charge on any atom is -0.373 e. The number of nitrogens with zero attached hydrogens (tertiary/aromatic N) is 4. The van der Waals surface area contributed by atoms with Gasteiger partial charge in [0.05, 0.1) is 29.9 Å². The number of hydrogen-bond donors (Lipinski definition) is 1. The normalized spacial score (nSPS) is 20.6. The van der Waals surface area contributed by atoms with Gasteiger partial charge in [0.15, 0.2) is 0 Å². The van der Waals surface area contributed by atoms with E-state index in [1.54, 1.807) is 24.3 Å². The van der Waals surface area contributed by atoms with Gasteiger partial charge in [0.2, 0.25) is 15.9 Å². The van der Waals surface area contributed by atoms with E-state index in [9.17, 15) is 18.0 Å². The Morgan fingerprint density at radius 1 is 1.24 bits per heavy atom. The van der Waals surface area contributed by atoms with Gasteiger partial charge in [0.25, 0.3) is 5.56 Å². The predicted octanol–water partition coefficient (Wildman–Crippen LogP) is -0.263. The molecule has 11 heteroatoms. The fraction of sp³-hybridized carbons (Fsp3) is 0.556. The van der Waals surface area contributed by atoms with E-state index in [-0.39, 0.29) is 48.9 Å². The van der Waals surface area contributed by atoms with Gasteiger partial charge in [-0.05, 0) is 26.0 Å². The zero-order chi connectivity index (χ0) is 21.0. The van der Waals surface area contributed by atoms with Crippen LogP contribution in [0.1, 0.15) is 20.3 Å². The van der Waals surface area contributed by atoms with Crippen LogP contribution >= 0.6 is 0 Å². The minimum absolute atomic E-state index is 0.000413. The highest BCUT2D eigenvalue weighted by molar-refractivity contribution is 7.89. The second kappa shape index (κ2) is 8.97. The molecule has 0 saturated carbocycles. The molecule has 1 aliphatic heterocycles. The quantitative estimate of drug-likeness (QED) is 0.650. The number of fused-ring (bicyclic) bond motifs is 1. The number of ether oxygens (including phenoxy) is 1. The number of morpholine rings is 1. The van der Waals surface area contributed by atoms with Gasteiger partial charge in [-0.1, -0.05) is 17.3 Å². The molecule has 0 radical (unpaired) electrons. The van der Waals surface area contributed by atoms with Crippen molar-refractivity contribution in [2.24, 2.45) is 0 Å². The number of carbonyl (C=O) groups is 1. The molecular formula is C18H25N5O5S. The van der Waals surface area contributed by atoms with Crippen molar-refractivity contribution in [3.63, 3.8) is 0 Å². The number of aromatic nitrogens is 3. The number of benzene rings is 1. The Morgan fingerprint density at radius 2 is 1.93 bits per heavy atom. The molecule has 3 rings (SSSR count). The molecule has 0 spiro atoms. The summed E-state index contributed by atoms with van der Waals surface area (Å²) >= 11 is 0. The van der Waals surface area contributed by atoms with Gasteiger partial charge in [-0.25, -0.2) is 13.1 Å². The highest BCUT2D eigenvalue weighted by Crippen LogP contribution is 2.14. The first-order chi connectivity index (χ1) is 13.8. The van der Waals surface area contributed by atoms with E-state index in [2.05, 4.69) is 15.6 Å². The van der Waals surface area contributed by atoms with Crippen LogP contribution in [0.25, 0.3) is 10.9 Å². The van der Waals surface area contributed by atoms with Gasteiger partial charge in [0.1, 0.15) is 5.52 Å². The predicted molar refractivity (Wildman–Crippen MR) is 107 cm³/mol. The molecule has 158 valence electrons. The van der Waals surface area contributed by atoms with E-state index < -0.39 is 10.0 Å². The summed E-state index contributed by atoms with van der Waals surface area (Å²) in [5, 5.41) is 10.8. The monoisotopic (exact) mass is 423 g/mol. The Bertz CT molecular complexity index is 1030. The summed E-state index contributed by atoms with van der Waals surface area (Å²) in [5.41, 5.74) is 0.177. The summed E-state index contributed by atoms with van der Waals surface area (Å²) in [6, 6.07) is 6.84. The van der Waals surface area contributed by atoms with E-state index in [4.69, 9.17) is 4.74 Å². The molecule has 2 heterocycles. The van der Waals surface area contributed by atoms with E-state index >= 15 is 0 Å². The summed E-state index contributed by atoms with van der Waals surface area (Å²) < 4.78 is 33.0. The molecule has 1 saturated heterocycles. The molecule has 1 amide bonds. The zero-order valence-corrected chi connectivity index (χ0v) is 17.3. The van der Waals surface area contributed by atoms with Gasteiger partial charge in [-0.15, -0.1) is 5.10 Å². The van der Waals surface area contributed by atoms with Crippen molar-refractivity contribution >= 4 is 26.8 Å². The maximum atomic E-state index is 12.5. The van der Waals surface area contributed by atoms with Crippen LogP contribution in [0.15, 0.2) is 29.1 Å². The molecule has 1 aromatic heterocycles. The molecule has 1 N–H and O–H groups in total. The minimum atomic E-state index is -3.48. The molecule has 1 aromatic carbocycles. The molecule has 29 heavy (non-hydrogen) atoms. The molecule has 1 aliphatic rings. The fourth-order valence-electron chi connectivity index (χ4n) is 3.27. The molecule has 0 bridgehead atoms. The van der Waals surface area contributed by atoms with Crippen molar-refractivity contribution in [3.8, 4) is 0 Å². The average Bonchev–Trinajstić information content (AvgIpc) is 2.67. The number of nitrogens with one attached hydrogen (secondary N) is 1. The molecular weight excluding hydrogens is 398 g/mol. The number of rotatable bonds is 7. The second-order valence-electron chi connectivity index (χ2n) is 7.13. The maximum absolute atomic E-state index is 12.5. The van der Waals surface area contributed by atoms with Crippen LogP contribution in [0, 0.1) is 0 Å². The highest BCUT2D eigenvalue weighted by atomic mass is 32.2. The maximum Gasteiger partial charge on any atom is 0.277 e. The number of carbonyl (C=O) groups excluding carboxylic acids is 1. The Hall–Kier alpha value is -2.37. The van der Waals surface area contributed by atoms with Crippen LogP contribution in [0.4, 0.5) is 0 Å². The Kier molecular flexibility index (Phi) is 6.60. The van der Waals surface area contributed by atoms with Crippen LogP contribution < -0.4 is 10.9 Å². The number of hydrogen-bond acceptors (Lipinski definition) is 7. The van der Waals surface area contributed by atoms with Crippen LogP contribution in [0.5, 0.6) is 0 Å². The third-order valence-electron chi connectivity index (χ3n) is 4.64. The second-order valence-corrected chi connectivity index (χ2v) is 9.21. The van der Waals surface area contributed by atoms with Gasteiger partial charge >= 0.3 is 0 Å². The first kappa shape index (κ1) is 21.3. The van der Waals surface area contributed by atoms with Crippen molar-refractivity contribution in [3.05, 3.63) is 34.6 Å². The first-order valence-corrected chi connectivity index (χ1v) is 11.1. The lowest BCUT2D eigenvalue weighted by molar-refractivity contribution is -0.121. The first-order valence-electron chi connectivity index (χ1n) is 9.49. The van der Waals surface area contributed by atoms with Crippen LogP contribution in [-0.2, 0) is 26.1 Å². The third-order valence-corrected chi connectivity index (χ3v) is 6.45. The fourth-order valence-corrected chi connectivity index (χ4v) is 4.76. The van der Waals surface area contributed by atoms with E-state index in [0.29, 0.717) is 24.0 Å². The van der Waals surface area contributed by atoms with Crippen molar-refractivity contribution in [2.75, 3.05) is 25.4 Å². The van der Waals surface area contributed by atoms with Gasteiger partial charge in [0, 0.05) is 26.1 Å². The molecule has 10 nitrogen and oxygen atoms in total. The number of sulfonamides is 1. The van der Waals surface area contributed by atoms with Crippen LogP contribution in [0.2, 0.25) is 0 Å². The topological polar surface area (TPSA) is 123 Å². The molecule has 2 atom stereocenters. The lowest BCUT2D eigenvalue weighted by Gasteiger charge is -2.34. The van der Waals surface area contributed by atoms with Gasteiger partial charge in [-0.3, -0.25) is 9.59 Å². The van der Waals surface area contributed by atoms with Crippen molar-refractivity contribution in [1.29, 1.82) is 0 Å². The smallest absolute Gasteiger partial charge is 0.277 e.